The number of thiazole rings is 1. The number of nitrogens with zero attached hydrogens (tertiary/aromatic N) is 4. The van der Waals surface area contributed by atoms with Gasteiger partial charge in [-0.25, -0.2) is 0 Å². The Morgan fingerprint density at radius 3 is 2.69 bits per heavy atom. The Kier molecular flexibility index (Phi) is 5.18. The predicted molar refractivity (Wildman–Crippen MR) is 111 cm³/mol. The molecule has 0 fully saturated rings. The second kappa shape index (κ2) is 7.92. The normalized spacial score (nSPS) is 11.9. The maximum Gasteiger partial charge on any atom is 0.326 e. The van der Waals surface area contributed by atoms with Crippen LogP contribution in [-0.4, -0.2) is 33.0 Å². The highest BCUT2D eigenvalue weighted by atomic mass is 32.1. The summed E-state index contributed by atoms with van der Waals surface area (Å²) in [7, 11) is 0. The summed E-state index contributed by atoms with van der Waals surface area (Å²) >= 11 is 1.36. The molecule has 29 heavy (non-hydrogen) atoms. The zero-order valence-corrected chi connectivity index (χ0v) is 16.8. The molecule has 0 aliphatic carbocycles. The maximum absolute atomic E-state index is 12.8. The van der Waals surface area contributed by atoms with E-state index in [1.807, 2.05) is 25.1 Å². The van der Waals surface area contributed by atoms with Crippen LogP contribution in [-0.2, 0) is 16.1 Å². The molecular weight excluding hydrogens is 388 g/mol. The van der Waals surface area contributed by atoms with Gasteiger partial charge in [0.05, 0.1) is 27.9 Å². The van der Waals surface area contributed by atoms with Crippen LogP contribution >= 0.6 is 11.3 Å². The first kappa shape index (κ1) is 18.9. The SMILES string of the molecule is CCOC(=O)Cn1c(=NC(=O)c2ccc3nccnc3c2)sc2cc(C)ccc21. The molecule has 4 rings (SSSR count). The van der Waals surface area contributed by atoms with Gasteiger partial charge in [-0.1, -0.05) is 17.4 Å². The van der Waals surface area contributed by atoms with E-state index < -0.39 is 5.91 Å². The summed E-state index contributed by atoms with van der Waals surface area (Å²) in [6.07, 6.45) is 3.18. The van der Waals surface area contributed by atoms with Gasteiger partial charge in [0.15, 0.2) is 4.80 Å². The number of aryl methyl sites for hydroxylation is 1. The van der Waals surface area contributed by atoms with Gasteiger partial charge >= 0.3 is 5.97 Å². The summed E-state index contributed by atoms with van der Waals surface area (Å²) in [6, 6.07) is 11.0. The van der Waals surface area contributed by atoms with E-state index in [0.717, 1.165) is 15.8 Å². The molecule has 1 amide bonds. The third-order valence-electron chi connectivity index (χ3n) is 4.34. The molecule has 0 atom stereocenters. The molecule has 2 aromatic heterocycles. The lowest BCUT2D eigenvalue weighted by Gasteiger charge is -2.05. The first-order valence-electron chi connectivity index (χ1n) is 9.10. The monoisotopic (exact) mass is 406 g/mol. The number of hydrogen-bond donors (Lipinski definition) is 0. The van der Waals surface area contributed by atoms with Crippen LogP contribution in [0.1, 0.15) is 22.8 Å². The zero-order chi connectivity index (χ0) is 20.4. The van der Waals surface area contributed by atoms with Gasteiger partial charge in [0.25, 0.3) is 5.91 Å². The van der Waals surface area contributed by atoms with Crippen LogP contribution in [0.5, 0.6) is 0 Å². The standard InChI is InChI=1S/C21H18N4O3S/c1-3-28-19(26)12-25-17-7-4-13(2)10-18(17)29-21(25)24-20(27)14-5-6-15-16(11-14)23-9-8-22-15/h4-11H,3,12H2,1-2H3. The molecule has 0 saturated heterocycles. The smallest absolute Gasteiger partial charge is 0.326 e. The second-order valence-corrected chi connectivity index (χ2v) is 7.43. The van der Waals surface area contributed by atoms with Crippen LogP contribution in [0.3, 0.4) is 0 Å². The molecule has 0 unspecified atom stereocenters. The van der Waals surface area contributed by atoms with Crippen molar-refractivity contribution >= 4 is 44.5 Å². The largest absolute Gasteiger partial charge is 0.465 e. The van der Waals surface area contributed by atoms with Gasteiger partial charge in [-0.05, 0) is 49.7 Å². The Morgan fingerprint density at radius 1 is 1.10 bits per heavy atom. The molecule has 2 aromatic carbocycles. The number of aromatic nitrogens is 3. The van der Waals surface area contributed by atoms with Crippen LogP contribution in [0.4, 0.5) is 0 Å². The van der Waals surface area contributed by atoms with Crippen molar-refractivity contribution in [3.63, 3.8) is 0 Å². The fourth-order valence-electron chi connectivity index (χ4n) is 3.00. The van der Waals surface area contributed by atoms with Crippen molar-refractivity contribution in [3.8, 4) is 0 Å². The Balaban J connectivity index is 1.80. The minimum absolute atomic E-state index is 0.00773. The van der Waals surface area contributed by atoms with Crippen molar-refractivity contribution < 1.29 is 14.3 Å². The first-order chi connectivity index (χ1) is 14.0. The summed E-state index contributed by atoms with van der Waals surface area (Å²) in [6.45, 7) is 4.04. The Morgan fingerprint density at radius 2 is 1.90 bits per heavy atom. The minimum Gasteiger partial charge on any atom is -0.465 e. The molecule has 0 spiro atoms. The van der Waals surface area contributed by atoms with Crippen LogP contribution < -0.4 is 4.80 Å². The van der Waals surface area contributed by atoms with Gasteiger partial charge in [-0.3, -0.25) is 19.6 Å². The summed E-state index contributed by atoms with van der Waals surface area (Å²) in [5.41, 5.74) is 3.67. The lowest BCUT2D eigenvalue weighted by molar-refractivity contribution is -0.143. The molecule has 4 aromatic rings. The molecule has 2 heterocycles. The summed E-state index contributed by atoms with van der Waals surface area (Å²) in [4.78, 5) is 38.1. The van der Waals surface area contributed by atoms with Gasteiger partial charge in [0.1, 0.15) is 6.54 Å². The van der Waals surface area contributed by atoms with Gasteiger partial charge in [0.2, 0.25) is 0 Å². The first-order valence-corrected chi connectivity index (χ1v) is 9.92. The van der Waals surface area contributed by atoms with Gasteiger partial charge in [0, 0.05) is 18.0 Å². The lowest BCUT2D eigenvalue weighted by Crippen LogP contribution is -2.23. The van der Waals surface area contributed by atoms with Crippen molar-refractivity contribution in [2.45, 2.75) is 20.4 Å². The zero-order valence-electron chi connectivity index (χ0n) is 16.0. The third-order valence-corrected chi connectivity index (χ3v) is 5.39. The molecule has 0 aliphatic heterocycles. The number of ether oxygens (including phenoxy) is 1. The Labute approximate surface area is 170 Å². The van der Waals surface area contributed by atoms with Crippen molar-refractivity contribution in [1.82, 2.24) is 14.5 Å². The van der Waals surface area contributed by atoms with E-state index in [-0.39, 0.29) is 12.5 Å². The number of carbonyl (C=O) groups is 2. The number of benzene rings is 2. The van der Waals surface area contributed by atoms with E-state index in [2.05, 4.69) is 15.0 Å². The highest BCUT2D eigenvalue weighted by Gasteiger charge is 2.13. The number of rotatable bonds is 4. The molecule has 0 saturated carbocycles. The van der Waals surface area contributed by atoms with E-state index in [1.165, 1.54) is 11.3 Å². The summed E-state index contributed by atoms with van der Waals surface area (Å²) in [5, 5.41) is 0. The quantitative estimate of drug-likeness (QED) is 0.486. The number of hydrogen-bond acceptors (Lipinski definition) is 6. The van der Waals surface area contributed by atoms with Crippen LogP contribution in [0.25, 0.3) is 21.3 Å². The van der Waals surface area contributed by atoms with Crippen LogP contribution in [0.2, 0.25) is 0 Å². The van der Waals surface area contributed by atoms with Crippen LogP contribution in [0.15, 0.2) is 53.8 Å². The topological polar surface area (TPSA) is 86.4 Å². The van der Waals surface area contributed by atoms with E-state index in [4.69, 9.17) is 4.74 Å². The highest BCUT2D eigenvalue weighted by Crippen LogP contribution is 2.19. The van der Waals surface area contributed by atoms with Crippen molar-refractivity contribution in [1.29, 1.82) is 0 Å². The molecule has 0 N–H and O–H groups in total. The van der Waals surface area contributed by atoms with E-state index in [0.29, 0.717) is 28.0 Å². The van der Waals surface area contributed by atoms with E-state index in [9.17, 15) is 9.59 Å². The number of esters is 1. The van der Waals surface area contributed by atoms with Crippen LogP contribution in [0, 0.1) is 6.92 Å². The number of carbonyl (C=O) groups excluding carboxylic acids is 2. The molecular formula is C21H18N4O3S. The third kappa shape index (κ3) is 3.93. The average molecular weight is 406 g/mol. The second-order valence-electron chi connectivity index (χ2n) is 6.42. The predicted octanol–water partition coefficient (Wildman–Crippen LogP) is 3.26. The van der Waals surface area contributed by atoms with E-state index in [1.54, 1.807) is 42.1 Å². The lowest BCUT2D eigenvalue weighted by atomic mass is 10.2. The van der Waals surface area contributed by atoms with Gasteiger partial charge < -0.3 is 9.30 Å². The van der Waals surface area contributed by atoms with Gasteiger partial charge in [-0.2, -0.15) is 4.99 Å². The van der Waals surface area contributed by atoms with Crippen molar-refractivity contribution in [2.75, 3.05) is 6.61 Å². The molecule has 0 radical (unpaired) electrons. The minimum atomic E-state index is -0.404. The van der Waals surface area contributed by atoms with Crippen molar-refractivity contribution in [3.05, 3.63) is 64.7 Å². The molecule has 0 aliphatic rings. The molecule has 0 bridgehead atoms. The summed E-state index contributed by atoms with van der Waals surface area (Å²) in [5.74, 6) is -0.777. The number of amides is 1. The molecule has 146 valence electrons. The fourth-order valence-corrected chi connectivity index (χ4v) is 4.13. The van der Waals surface area contributed by atoms with Gasteiger partial charge in [-0.15, -0.1) is 0 Å². The fraction of sp³-hybridized carbons (Fsp3) is 0.190. The maximum atomic E-state index is 12.8. The Bertz CT molecular complexity index is 1310. The highest BCUT2D eigenvalue weighted by molar-refractivity contribution is 7.16. The Hall–Kier alpha value is -3.39. The summed E-state index contributed by atoms with van der Waals surface area (Å²) < 4.78 is 7.75. The average Bonchev–Trinajstić information content (AvgIpc) is 3.03. The van der Waals surface area contributed by atoms with Crippen molar-refractivity contribution in [2.24, 2.45) is 4.99 Å². The molecule has 7 nitrogen and oxygen atoms in total. The number of fused-ring (bicyclic) bond motifs is 2. The van der Waals surface area contributed by atoms with E-state index >= 15 is 0 Å². The molecule has 8 heteroatoms.